The van der Waals surface area contributed by atoms with Crippen LogP contribution in [0.15, 0.2) is 16.1 Å². The van der Waals surface area contributed by atoms with Crippen LogP contribution in [-0.2, 0) is 12.5 Å². The number of aryl methyl sites for hydroxylation is 2. The molecule has 20 heavy (non-hydrogen) atoms. The first-order chi connectivity index (χ1) is 9.18. The lowest BCUT2D eigenvalue weighted by Gasteiger charge is -2.19. The number of anilines is 1. The van der Waals surface area contributed by atoms with Crippen molar-refractivity contribution in [3.63, 3.8) is 0 Å². The zero-order chi connectivity index (χ0) is 15.1. The third-order valence-electron chi connectivity index (χ3n) is 2.97. The quantitative estimate of drug-likeness (QED) is 0.862. The van der Waals surface area contributed by atoms with E-state index in [1.165, 1.54) is 0 Å². The fraction of sp³-hybridized carbons (Fsp3) is 0.500. The molecule has 2 heterocycles. The summed E-state index contributed by atoms with van der Waals surface area (Å²) in [5.41, 5.74) is 7.81. The van der Waals surface area contributed by atoms with Crippen LogP contribution in [0.5, 0.6) is 0 Å². The Bertz CT molecular complexity index is 640. The molecule has 5 nitrogen and oxygen atoms in total. The van der Waals surface area contributed by atoms with Gasteiger partial charge in [0.2, 0.25) is 0 Å². The van der Waals surface area contributed by atoms with Gasteiger partial charge in [0.1, 0.15) is 21.7 Å². The van der Waals surface area contributed by atoms with E-state index in [1.807, 2.05) is 31.6 Å². The maximum atomic E-state index is 6.03. The summed E-state index contributed by atoms with van der Waals surface area (Å²) in [4.78, 5) is 9.09. The summed E-state index contributed by atoms with van der Waals surface area (Å²) in [5.74, 6) is 1.31. The van der Waals surface area contributed by atoms with E-state index in [2.05, 4.69) is 35.8 Å². The Morgan fingerprint density at radius 1 is 1.20 bits per heavy atom. The molecule has 2 rings (SSSR count). The normalized spacial score (nSPS) is 11.9. The topological polar surface area (TPSA) is 69.6 Å². The maximum absolute atomic E-state index is 6.03. The van der Waals surface area contributed by atoms with Gasteiger partial charge >= 0.3 is 0 Å². The SMILES string of the molecule is Cc1cc(Sc2nc(C(C)(C)C)nc(N)c2C)n(C)n1. The van der Waals surface area contributed by atoms with E-state index in [0.717, 1.165) is 27.1 Å². The molecule has 0 saturated carbocycles. The number of nitrogen functional groups attached to an aromatic ring is 1. The summed E-state index contributed by atoms with van der Waals surface area (Å²) < 4.78 is 1.86. The van der Waals surface area contributed by atoms with Gasteiger partial charge in [0, 0.05) is 18.0 Å². The monoisotopic (exact) mass is 291 g/mol. The summed E-state index contributed by atoms with van der Waals surface area (Å²) >= 11 is 1.58. The molecule has 0 spiro atoms. The van der Waals surface area contributed by atoms with Crippen molar-refractivity contribution in [3.05, 3.63) is 23.1 Å². The van der Waals surface area contributed by atoms with E-state index in [0.29, 0.717) is 5.82 Å². The van der Waals surface area contributed by atoms with Crippen molar-refractivity contribution in [2.75, 3.05) is 5.73 Å². The predicted octanol–water partition coefficient (Wildman–Crippen LogP) is 2.86. The highest BCUT2D eigenvalue weighted by Crippen LogP contribution is 2.32. The fourth-order valence-electron chi connectivity index (χ4n) is 1.73. The summed E-state index contributed by atoms with van der Waals surface area (Å²) in [5, 5.41) is 6.29. The Balaban J connectivity index is 2.46. The Kier molecular flexibility index (Phi) is 3.77. The van der Waals surface area contributed by atoms with E-state index in [1.54, 1.807) is 11.8 Å². The molecular weight excluding hydrogens is 270 g/mol. The van der Waals surface area contributed by atoms with Crippen LogP contribution in [0.2, 0.25) is 0 Å². The highest BCUT2D eigenvalue weighted by Gasteiger charge is 2.21. The molecule has 2 aromatic rings. The number of nitrogens with two attached hydrogens (primary N) is 1. The second-order valence-corrected chi connectivity index (χ2v) is 6.97. The molecule has 0 unspecified atom stereocenters. The van der Waals surface area contributed by atoms with Crippen molar-refractivity contribution in [1.29, 1.82) is 0 Å². The molecule has 0 aliphatic rings. The van der Waals surface area contributed by atoms with Gasteiger partial charge in [-0.3, -0.25) is 4.68 Å². The first-order valence-electron chi connectivity index (χ1n) is 6.51. The summed E-state index contributed by atoms with van der Waals surface area (Å²) in [6.07, 6.45) is 0. The first kappa shape index (κ1) is 14.8. The predicted molar refractivity (Wildman–Crippen MR) is 81.9 cm³/mol. The molecule has 0 bridgehead atoms. The van der Waals surface area contributed by atoms with Crippen LogP contribution in [0.25, 0.3) is 0 Å². The van der Waals surface area contributed by atoms with Gasteiger partial charge in [0.25, 0.3) is 0 Å². The number of rotatable bonds is 2. The average Bonchev–Trinajstić information content (AvgIpc) is 2.62. The fourth-order valence-corrected chi connectivity index (χ4v) is 2.72. The van der Waals surface area contributed by atoms with Crippen molar-refractivity contribution in [2.45, 2.75) is 50.1 Å². The third kappa shape index (κ3) is 2.95. The van der Waals surface area contributed by atoms with Gasteiger partial charge in [0.05, 0.1) is 5.69 Å². The van der Waals surface area contributed by atoms with Gasteiger partial charge in [-0.2, -0.15) is 5.10 Å². The molecular formula is C14H21N5S. The van der Waals surface area contributed by atoms with E-state index in [4.69, 9.17) is 5.73 Å². The summed E-state index contributed by atoms with van der Waals surface area (Å²) in [7, 11) is 1.93. The molecule has 0 radical (unpaired) electrons. The molecule has 0 atom stereocenters. The highest BCUT2D eigenvalue weighted by atomic mass is 32.2. The Morgan fingerprint density at radius 3 is 2.35 bits per heavy atom. The lowest BCUT2D eigenvalue weighted by Crippen LogP contribution is -2.18. The smallest absolute Gasteiger partial charge is 0.137 e. The van der Waals surface area contributed by atoms with Crippen LogP contribution in [-0.4, -0.2) is 19.7 Å². The van der Waals surface area contributed by atoms with Crippen molar-refractivity contribution in [3.8, 4) is 0 Å². The van der Waals surface area contributed by atoms with Gasteiger partial charge in [-0.15, -0.1) is 0 Å². The van der Waals surface area contributed by atoms with Gasteiger partial charge in [-0.05, 0) is 31.7 Å². The number of hydrogen-bond donors (Lipinski definition) is 1. The lowest BCUT2D eigenvalue weighted by atomic mass is 9.95. The molecule has 0 fully saturated rings. The van der Waals surface area contributed by atoms with Gasteiger partial charge < -0.3 is 5.73 Å². The molecule has 0 aromatic carbocycles. The number of nitrogens with zero attached hydrogens (tertiary/aromatic N) is 4. The molecule has 0 aliphatic carbocycles. The van der Waals surface area contributed by atoms with Crippen molar-refractivity contribution in [2.24, 2.45) is 7.05 Å². The minimum Gasteiger partial charge on any atom is -0.383 e. The minimum absolute atomic E-state index is 0.125. The van der Waals surface area contributed by atoms with Crippen LogP contribution in [0.4, 0.5) is 5.82 Å². The first-order valence-corrected chi connectivity index (χ1v) is 7.33. The molecule has 0 amide bonds. The zero-order valence-electron chi connectivity index (χ0n) is 12.9. The third-order valence-corrected chi connectivity index (χ3v) is 4.15. The summed E-state index contributed by atoms with van der Waals surface area (Å²) in [6, 6.07) is 2.04. The van der Waals surface area contributed by atoms with E-state index < -0.39 is 0 Å². The summed E-state index contributed by atoms with van der Waals surface area (Å²) in [6.45, 7) is 10.2. The maximum Gasteiger partial charge on any atom is 0.137 e. The second-order valence-electron chi connectivity index (χ2n) is 5.96. The Labute approximate surface area is 124 Å². The Hall–Kier alpha value is -1.56. The van der Waals surface area contributed by atoms with Crippen LogP contribution < -0.4 is 5.73 Å². The van der Waals surface area contributed by atoms with Crippen LogP contribution in [0.1, 0.15) is 37.9 Å². The van der Waals surface area contributed by atoms with Crippen molar-refractivity contribution >= 4 is 17.6 Å². The molecule has 6 heteroatoms. The van der Waals surface area contributed by atoms with Crippen LogP contribution in [0.3, 0.4) is 0 Å². The van der Waals surface area contributed by atoms with E-state index in [9.17, 15) is 0 Å². The molecule has 2 aromatic heterocycles. The van der Waals surface area contributed by atoms with Crippen molar-refractivity contribution < 1.29 is 0 Å². The van der Waals surface area contributed by atoms with Gasteiger partial charge in [0.15, 0.2) is 0 Å². The zero-order valence-corrected chi connectivity index (χ0v) is 13.7. The van der Waals surface area contributed by atoms with E-state index >= 15 is 0 Å². The highest BCUT2D eigenvalue weighted by molar-refractivity contribution is 7.99. The Morgan fingerprint density at radius 2 is 1.85 bits per heavy atom. The van der Waals surface area contributed by atoms with Crippen LogP contribution >= 0.6 is 11.8 Å². The minimum atomic E-state index is -0.125. The second kappa shape index (κ2) is 5.09. The van der Waals surface area contributed by atoms with Gasteiger partial charge in [-0.1, -0.05) is 20.8 Å². The molecule has 0 aliphatic heterocycles. The van der Waals surface area contributed by atoms with Crippen molar-refractivity contribution in [1.82, 2.24) is 19.7 Å². The number of aromatic nitrogens is 4. The molecule has 0 saturated heterocycles. The standard InChI is InChI=1S/C14H21N5S/c1-8-7-10(19(6)18-8)20-12-9(2)11(15)16-13(17-12)14(3,4)5/h7H,1-6H3,(H2,15,16,17). The molecule has 2 N–H and O–H groups in total. The van der Waals surface area contributed by atoms with Gasteiger partial charge in [-0.25, -0.2) is 9.97 Å². The molecule has 108 valence electrons. The average molecular weight is 291 g/mol. The number of hydrogen-bond acceptors (Lipinski definition) is 5. The largest absolute Gasteiger partial charge is 0.383 e. The van der Waals surface area contributed by atoms with Crippen LogP contribution in [0, 0.1) is 13.8 Å². The lowest BCUT2D eigenvalue weighted by molar-refractivity contribution is 0.538. The van der Waals surface area contributed by atoms with E-state index in [-0.39, 0.29) is 5.41 Å².